The van der Waals surface area contributed by atoms with E-state index in [1.165, 1.54) is 10.6 Å². The number of halogens is 2. The van der Waals surface area contributed by atoms with Crippen molar-refractivity contribution < 1.29 is 15.1 Å². The summed E-state index contributed by atoms with van der Waals surface area (Å²) in [7, 11) is 1.64. The molecule has 1 aromatic heterocycles. The van der Waals surface area contributed by atoms with Gasteiger partial charge in [-0.25, -0.2) is 4.79 Å². The SMILES string of the molecule is Cc1cc(C(=O)O)ccc1-c1ccc(C(C/C(=N/O)c2ccc(=O)n(C)c2)c2ccc(Cl)cc2Cl)cc1. The highest BCUT2D eigenvalue weighted by atomic mass is 35.5. The molecule has 0 spiro atoms. The minimum atomic E-state index is -0.965. The molecule has 2 N–H and O–H groups in total. The van der Waals surface area contributed by atoms with E-state index in [2.05, 4.69) is 5.16 Å². The lowest BCUT2D eigenvalue weighted by Crippen LogP contribution is -2.18. The third-order valence-corrected chi connectivity index (χ3v) is 6.93. The minimum Gasteiger partial charge on any atom is -0.478 e. The Bertz CT molecular complexity index is 1560. The molecule has 0 fully saturated rings. The maximum Gasteiger partial charge on any atom is 0.335 e. The first kappa shape index (κ1) is 26.2. The number of carbonyl (C=O) groups is 1. The van der Waals surface area contributed by atoms with Gasteiger partial charge in [-0.05, 0) is 65.1 Å². The number of aryl methyl sites for hydroxylation is 2. The predicted molar refractivity (Wildman–Crippen MR) is 147 cm³/mol. The monoisotopic (exact) mass is 534 g/mol. The van der Waals surface area contributed by atoms with Gasteiger partial charge in [0.05, 0.1) is 11.3 Å². The normalized spacial score (nSPS) is 12.4. The van der Waals surface area contributed by atoms with E-state index in [0.29, 0.717) is 27.7 Å². The zero-order chi connectivity index (χ0) is 26.7. The lowest BCUT2D eigenvalue weighted by molar-refractivity contribution is 0.0697. The number of carboxylic acids is 1. The first-order valence-corrected chi connectivity index (χ1v) is 12.2. The standard InChI is InChI=1S/C29H24Cl2N2O4/c1-17-13-20(29(35)36)7-10-23(17)18-3-5-19(6-4-18)25(24-11-9-22(30)14-26(24)31)15-27(32-37)21-8-12-28(34)33(2)16-21/h3-14,16,25,37H,15H2,1-2H3,(H,35,36)/b32-27-. The van der Waals surface area contributed by atoms with E-state index in [0.717, 1.165) is 27.8 Å². The van der Waals surface area contributed by atoms with Crippen LogP contribution >= 0.6 is 23.2 Å². The molecular formula is C29H24Cl2N2O4. The van der Waals surface area contributed by atoms with E-state index in [1.807, 2.05) is 37.3 Å². The van der Waals surface area contributed by atoms with Crippen molar-refractivity contribution in [3.05, 3.63) is 127 Å². The van der Waals surface area contributed by atoms with E-state index in [4.69, 9.17) is 23.2 Å². The Morgan fingerprint density at radius 3 is 2.27 bits per heavy atom. The van der Waals surface area contributed by atoms with Gasteiger partial charge in [0.15, 0.2) is 0 Å². The van der Waals surface area contributed by atoms with Gasteiger partial charge in [0, 0.05) is 47.3 Å². The van der Waals surface area contributed by atoms with E-state index in [9.17, 15) is 19.9 Å². The molecule has 0 bridgehead atoms. The summed E-state index contributed by atoms with van der Waals surface area (Å²) in [4.78, 5) is 23.1. The molecule has 1 atom stereocenters. The Balaban J connectivity index is 1.74. The van der Waals surface area contributed by atoms with Crippen LogP contribution in [0.4, 0.5) is 0 Å². The van der Waals surface area contributed by atoms with Gasteiger partial charge in [-0.2, -0.15) is 0 Å². The number of oxime groups is 1. The average molecular weight is 535 g/mol. The van der Waals surface area contributed by atoms with Gasteiger partial charge in [0.1, 0.15) is 0 Å². The number of pyridine rings is 1. The van der Waals surface area contributed by atoms with E-state index < -0.39 is 5.97 Å². The van der Waals surface area contributed by atoms with Crippen molar-refractivity contribution >= 4 is 34.9 Å². The number of hydrogen-bond acceptors (Lipinski definition) is 4. The molecule has 0 amide bonds. The van der Waals surface area contributed by atoms with Crippen LogP contribution in [0.15, 0.2) is 88.9 Å². The highest BCUT2D eigenvalue weighted by Gasteiger charge is 2.22. The van der Waals surface area contributed by atoms with Crippen LogP contribution < -0.4 is 5.56 Å². The second kappa shape index (κ2) is 11.0. The van der Waals surface area contributed by atoms with Crippen LogP contribution in [0.2, 0.25) is 10.0 Å². The molecule has 8 heteroatoms. The summed E-state index contributed by atoms with van der Waals surface area (Å²) in [6.07, 6.45) is 1.94. The Morgan fingerprint density at radius 2 is 1.68 bits per heavy atom. The molecule has 1 unspecified atom stereocenters. The van der Waals surface area contributed by atoms with Crippen molar-refractivity contribution in [1.82, 2.24) is 4.57 Å². The molecule has 37 heavy (non-hydrogen) atoms. The first-order chi connectivity index (χ1) is 17.7. The summed E-state index contributed by atoms with van der Waals surface area (Å²) in [6.45, 7) is 1.88. The molecule has 188 valence electrons. The molecule has 0 saturated carbocycles. The van der Waals surface area contributed by atoms with Crippen molar-refractivity contribution in [2.75, 3.05) is 0 Å². The summed E-state index contributed by atoms with van der Waals surface area (Å²) in [5, 5.41) is 23.7. The zero-order valence-electron chi connectivity index (χ0n) is 20.2. The van der Waals surface area contributed by atoms with Crippen LogP contribution in [0.25, 0.3) is 11.1 Å². The number of rotatable bonds is 7. The Morgan fingerprint density at radius 1 is 0.973 bits per heavy atom. The number of benzene rings is 3. The van der Waals surface area contributed by atoms with Crippen LogP contribution in [0.1, 0.15) is 45.0 Å². The van der Waals surface area contributed by atoms with Gasteiger partial charge in [-0.3, -0.25) is 4.79 Å². The van der Waals surface area contributed by atoms with Crippen LogP contribution in [-0.4, -0.2) is 26.6 Å². The highest BCUT2D eigenvalue weighted by Crippen LogP contribution is 2.36. The second-order valence-electron chi connectivity index (χ2n) is 8.79. The predicted octanol–water partition coefficient (Wildman–Crippen LogP) is 6.77. The van der Waals surface area contributed by atoms with Crippen molar-refractivity contribution in [1.29, 1.82) is 0 Å². The maximum absolute atomic E-state index is 11.9. The van der Waals surface area contributed by atoms with Crippen LogP contribution in [-0.2, 0) is 7.05 Å². The van der Waals surface area contributed by atoms with E-state index >= 15 is 0 Å². The molecule has 6 nitrogen and oxygen atoms in total. The summed E-state index contributed by atoms with van der Waals surface area (Å²) in [6, 6.07) is 21.3. The second-order valence-corrected chi connectivity index (χ2v) is 9.64. The fourth-order valence-electron chi connectivity index (χ4n) is 4.38. The highest BCUT2D eigenvalue weighted by molar-refractivity contribution is 6.35. The van der Waals surface area contributed by atoms with Crippen molar-refractivity contribution in [3.63, 3.8) is 0 Å². The summed E-state index contributed by atoms with van der Waals surface area (Å²) >= 11 is 12.7. The third kappa shape index (κ3) is 5.77. The van der Waals surface area contributed by atoms with Gasteiger partial charge < -0.3 is 14.9 Å². The number of hydrogen-bond donors (Lipinski definition) is 2. The number of aromatic carboxylic acids is 1. The van der Waals surface area contributed by atoms with Crippen molar-refractivity contribution in [2.24, 2.45) is 12.2 Å². The molecule has 0 aliphatic rings. The van der Waals surface area contributed by atoms with Crippen molar-refractivity contribution in [2.45, 2.75) is 19.3 Å². The zero-order valence-corrected chi connectivity index (χ0v) is 21.7. The largest absolute Gasteiger partial charge is 0.478 e. The lowest BCUT2D eigenvalue weighted by Gasteiger charge is -2.21. The summed E-state index contributed by atoms with van der Waals surface area (Å²) < 4.78 is 1.43. The topological polar surface area (TPSA) is 91.9 Å². The summed E-state index contributed by atoms with van der Waals surface area (Å²) in [5.41, 5.74) is 5.56. The Labute approximate surface area is 224 Å². The fraction of sp³-hybridized carbons (Fsp3) is 0.138. The maximum atomic E-state index is 11.9. The lowest BCUT2D eigenvalue weighted by atomic mass is 9.84. The van der Waals surface area contributed by atoms with Gasteiger partial charge in [0.25, 0.3) is 0 Å². The van der Waals surface area contributed by atoms with Gasteiger partial charge in [0.2, 0.25) is 5.56 Å². The Kier molecular flexibility index (Phi) is 7.81. The van der Waals surface area contributed by atoms with Gasteiger partial charge in [-0.1, -0.05) is 64.8 Å². The van der Waals surface area contributed by atoms with E-state index in [1.54, 1.807) is 49.6 Å². The van der Waals surface area contributed by atoms with Crippen LogP contribution in [0.5, 0.6) is 0 Å². The number of aromatic nitrogens is 1. The molecule has 0 saturated heterocycles. The smallest absolute Gasteiger partial charge is 0.335 e. The molecule has 4 rings (SSSR count). The minimum absolute atomic E-state index is 0.166. The average Bonchev–Trinajstić information content (AvgIpc) is 2.87. The molecule has 3 aromatic carbocycles. The molecule has 4 aromatic rings. The molecule has 1 heterocycles. The molecular weight excluding hydrogens is 511 g/mol. The Hall–Kier alpha value is -3.87. The van der Waals surface area contributed by atoms with E-state index in [-0.39, 0.29) is 17.0 Å². The molecule has 0 radical (unpaired) electrons. The quantitative estimate of drug-likeness (QED) is 0.155. The first-order valence-electron chi connectivity index (χ1n) is 11.4. The van der Waals surface area contributed by atoms with Gasteiger partial charge in [-0.15, -0.1) is 0 Å². The number of nitrogens with zero attached hydrogens (tertiary/aromatic N) is 2. The van der Waals surface area contributed by atoms with Gasteiger partial charge >= 0.3 is 5.97 Å². The third-order valence-electron chi connectivity index (χ3n) is 6.37. The molecule has 0 aliphatic carbocycles. The summed E-state index contributed by atoms with van der Waals surface area (Å²) in [5.74, 6) is -1.25. The number of carboxylic acid groups (broad SMARTS) is 1. The fourth-order valence-corrected chi connectivity index (χ4v) is 4.92. The van der Waals surface area contributed by atoms with Crippen molar-refractivity contribution in [3.8, 4) is 11.1 Å². The molecule has 0 aliphatic heterocycles. The van der Waals surface area contributed by atoms with Crippen LogP contribution in [0.3, 0.4) is 0 Å². The van der Waals surface area contributed by atoms with Crippen LogP contribution in [0, 0.1) is 6.92 Å².